The molecular weight excluding hydrogens is 336 g/mol. The first-order valence-electron chi connectivity index (χ1n) is 4.58. The van der Waals surface area contributed by atoms with E-state index in [4.69, 9.17) is 5.11 Å². The monoisotopic (exact) mass is 343 g/mol. The number of carbonyl (C=O) groups is 1. The Bertz CT molecular complexity index is 576. The van der Waals surface area contributed by atoms with Crippen LogP contribution in [0.15, 0.2) is 16.6 Å². The van der Waals surface area contributed by atoms with Gasteiger partial charge in [-0.3, -0.25) is 9.52 Å². The smallest absolute Gasteiger partial charge is 0.304 e. The third kappa shape index (κ3) is 4.22. The van der Waals surface area contributed by atoms with E-state index in [9.17, 15) is 22.0 Å². The van der Waals surface area contributed by atoms with Gasteiger partial charge in [-0.1, -0.05) is 0 Å². The summed E-state index contributed by atoms with van der Waals surface area (Å²) >= 11 is 2.78. The summed E-state index contributed by atoms with van der Waals surface area (Å²) in [6.45, 7) is 0. The maximum atomic E-state index is 13.3. The van der Waals surface area contributed by atoms with Gasteiger partial charge >= 0.3 is 5.97 Å². The van der Waals surface area contributed by atoms with E-state index >= 15 is 0 Å². The Kier molecular flexibility index (Phi) is 4.63. The standard InChI is InChI=1S/C9H8BrF2NO4S/c10-5-3-8(7(12)4-6(5)11)13-18(16,17)2-1-9(14)15/h3-4,13H,1-2H2,(H,14,15). The van der Waals surface area contributed by atoms with Gasteiger partial charge in [-0.05, 0) is 22.0 Å². The van der Waals surface area contributed by atoms with E-state index in [1.54, 1.807) is 0 Å². The van der Waals surface area contributed by atoms with Crippen LogP contribution in [0.25, 0.3) is 0 Å². The van der Waals surface area contributed by atoms with Crippen LogP contribution in [0.2, 0.25) is 0 Å². The van der Waals surface area contributed by atoms with Crippen LogP contribution in [0.1, 0.15) is 6.42 Å². The number of nitrogens with one attached hydrogen (secondary N) is 1. The van der Waals surface area contributed by atoms with Gasteiger partial charge in [0.2, 0.25) is 10.0 Å². The Morgan fingerprint density at radius 3 is 2.50 bits per heavy atom. The van der Waals surface area contributed by atoms with Crippen LogP contribution in [0.5, 0.6) is 0 Å². The number of rotatable bonds is 5. The molecule has 0 aliphatic carbocycles. The van der Waals surface area contributed by atoms with Crippen LogP contribution < -0.4 is 4.72 Å². The second kappa shape index (κ2) is 5.61. The molecule has 0 aromatic heterocycles. The van der Waals surface area contributed by atoms with E-state index in [0.29, 0.717) is 6.07 Å². The Balaban J connectivity index is 2.91. The number of benzene rings is 1. The highest BCUT2D eigenvalue weighted by Gasteiger charge is 2.16. The van der Waals surface area contributed by atoms with E-state index in [1.165, 1.54) is 0 Å². The fourth-order valence-electron chi connectivity index (χ4n) is 1.04. The first kappa shape index (κ1) is 14.8. The van der Waals surface area contributed by atoms with E-state index < -0.39 is 45.5 Å². The molecule has 0 aliphatic heterocycles. The van der Waals surface area contributed by atoms with Crippen LogP contribution in [-0.2, 0) is 14.8 Å². The zero-order valence-electron chi connectivity index (χ0n) is 8.78. The van der Waals surface area contributed by atoms with Crippen molar-refractivity contribution in [3.8, 4) is 0 Å². The molecule has 100 valence electrons. The van der Waals surface area contributed by atoms with Crippen molar-refractivity contribution in [2.24, 2.45) is 0 Å². The van der Waals surface area contributed by atoms with E-state index in [1.807, 2.05) is 4.72 Å². The number of carboxylic acids is 1. The highest BCUT2D eigenvalue weighted by molar-refractivity contribution is 9.10. The van der Waals surface area contributed by atoms with Gasteiger partial charge in [-0.25, -0.2) is 17.2 Å². The molecule has 0 radical (unpaired) electrons. The van der Waals surface area contributed by atoms with Gasteiger partial charge in [0.1, 0.15) is 11.6 Å². The second-order valence-electron chi connectivity index (χ2n) is 3.31. The van der Waals surface area contributed by atoms with Gasteiger partial charge in [-0.15, -0.1) is 0 Å². The molecule has 0 saturated heterocycles. The number of carboxylic acid groups (broad SMARTS) is 1. The molecule has 0 aliphatic rings. The molecule has 0 fully saturated rings. The predicted molar refractivity (Wildman–Crippen MR) is 63.7 cm³/mol. The minimum absolute atomic E-state index is 0.111. The summed E-state index contributed by atoms with van der Waals surface area (Å²) in [6.07, 6.45) is -0.612. The van der Waals surface area contributed by atoms with Crippen LogP contribution in [-0.4, -0.2) is 25.2 Å². The molecule has 1 rings (SSSR count). The molecule has 0 amide bonds. The lowest BCUT2D eigenvalue weighted by molar-refractivity contribution is -0.136. The molecule has 0 heterocycles. The minimum atomic E-state index is -4.00. The van der Waals surface area contributed by atoms with Crippen LogP contribution in [0, 0.1) is 11.6 Å². The van der Waals surface area contributed by atoms with Gasteiger partial charge in [0.05, 0.1) is 22.3 Å². The van der Waals surface area contributed by atoms with Crippen molar-refractivity contribution in [1.82, 2.24) is 0 Å². The highest BCUT2D eigenvalue weighted by Crippen LogP contribution is 2.24. The summed E-state index contributed by atoms with van der Waals surface area (Å²) < 4.78 is 50.7. The average Bonchev–Trinajstić information content (AvgIpc) is 2.23. The number of hydrogen-bond acceptors (Lipinski definition) is 3. The number of sulfonamides is 1. The molecular formula is C9H8BrF2NO4S. The van der Waals surface area contributed by atoms with Crippen LogP contribution >= 0.6 is 15.9 Å². The topological polar surface area (TPSA) is 83.5 Å². The molecule has 0 atom stereocenters. The molecule has 1 aromatic carbocycles. The fraction of sp³-hybridized carbons (Fsp3) is 0.222. The quantitative estimate of drug-likeness (QED) is 0.800. The van der Waals surface area contributed by atoms with Crippen molar-refractivity contribution in [3.05, 3.63) is 28.2 Å². The van der Waals surface area contributed by atoms with E-state index in [0.717, 1.165) is 6.07 Å². The summed E-state index contributed by atoms with van der Waals surface area (Å²) in [7, 11) is -4.00. The Hall–Kier alpha value is -1.22. The molecule has 0 spiro atoms. The zero-order valence-corrected chi connectivity index (χ0v) is 11.2. The molecule has 0 bridgehead atoms. The summed E-state index contributed by atoms with van der Waals surface area (Å²) in [6, 6.07) is 1.43. The molecule has 2 N–H and O–H groups in total. The Labute approximate surface area is 110 Å². The second-order valence-corrected chi connectivity index (χ2v) is 6.01. The zero-order chi connectivity index (χ0) is 13.9. The summed E-state index contributed by atoms with van der Waals surface area (Å²) in [5.41, 5.74) is -0.450. The fourth-order valence-corrected chi connectivity index (χ4v) is 2.42. The molecule has 9 heteroatoms. The first-order valence-corrected chi connectivity index (χ1v) is 7.02. The van der Waals surface area contributed by atoms with Crippen molar-refractivity contribution >= 4 is 37.6 Å². The maximum Gasteiger partial charge on any atom is 0.304 e. The predicted octanol–water partition coefficient (Wildman–Crippen LogP) is 1.94. The lowest BCUT2D eigenvalue weighted by atomic mass is 10.3. The van der Waals surface area contributed by atoms with E-state index in [-0.39, 0.29) is 4.47 Å². The molecule has 5 nitrogen and oxygen atoms in total. The van der Waals surface area contributed by atoms with Crippen molar-refractivity contribution < 1.29 is 27.1 Å². The minimum Gasteiger partial charge on any atom is -0.481 e. The number of anilines is 1. The Morgan fingerprint density at radius 2 is 1.94 bits per heavy atom. The molecule has 18 heavy (non-hydrogen) atoms. The average molecular weight is 344 g/mol. The van der Waals surface area contributed by atoms with Gasteiger partial charge < -0.3 is 5.11 Å². The molecule has 1 aromatic rings. The molecule has 0 unspecified atom stereocenters. The first-order chi connectivity index (χ1) is 8.21. The van der Waals surface area contributed by atoms with Gasteiger partial charge in [0, 0.05) is 6.07 Å². The summed E-state index contributed by atoms with van der Waals surface area (Å²) in [5, 5.41) is 8.35. The summed E-state index contributed by atoms with van der Waals surface area (Å²) in [4.78, 5) is 10.2. The number of halogens is 3. The summed E-state index contributed by atoms with van der Waals surface area (Å²) in [5.74, 6) is -3.95. The van der Waals surface area contributed by atoms with Crippen LogP contribution in [0.3, 0.4) is 0 Å². The largest absolute Gasteiger partial charge is 0.481 e. The third-order valence-corrected chi connectivity index (χ3v) is 3.74. The van der Waals surface area contributed by atoms with Crippen molar-refractivity contribution in [2.75, 3.05) is 10.5 Å². The number of hydrogen-bond donors (Lipinski definition) is 2. The van der Waals surface area contributed by atoms with Crippen molar-refractivity contribution in [3.63, 3.8) is 0 Å². The van der Waals surface area contributed by atoms with Crippen molar-refractivity contribution in [2.45, 2.75) is 6.42 Å². The maximum absolute atomic E-state index is 13.3. The number of aliphatic carboxylic acids is 1. The third-order valence-electron chi connectivity index (χ3n) is 1.86. The lowest BCUT2D eigenvalue weighted by Crippen LogP contribution is -2.19. The van der Waals surface area contributed by atoms with E-state index in [2.05, 4.69) is 15.9 Å². The van der Waals surface area contributed by atoms with Gasteiger partial charge in [0.15, 0.2) is 0 Å². The normalized spacial score (nSPS) is 11.3. The molecule has 0 saturated carbocycles. The van der Waals surface area contributed by atoms with Crippen LogP contribution in [0.4, 0.5) is 14.5 Å². The lowest BCUT2D eigenvalue weighted by Gasteiger charge is -2.08. The van der Waals surface area contributed by atoms with Gasteiger partial charge in [0.25, 0.3) is 0 Å². The van der Waals surface area contributed by atoms with Gasteiger partial charge in [-0.2, -0.15) is 0 Å². The highest BCUT2D eigenvalue weighted by atomic mass is 79.9. The SMILES string of the molecule is O=C(O)CCS(=O)(=O)Nc1cc(Br)c(F)cc1F. The van der Waals surface area contributed by atoms with Crippen molar-refractivity contribution in [1.29, 1.82) is 0 Å². The Morgan fingerprint density at radius 1 is 1.33 bits per heavy atom.